The second-order valence-corrected chi connectivity index (χ2v) is 5.25. The molecule has 1 atom stereocenters. The van der Waals surface area contributed by atoms with Gasteiger partial charge in [-0.25, -0.2) is 4.79 Å². The Kier molecular flexibility index (Phi) is 4.27. The zero-order valence-electron chi connectivity index (χ0n) is 12.0. The van der Waals surface area contributed by atoms with Crippen LogP contribution in [0.3, 0.4) is 0 Å². The molecule has 2 rings (SSSR count). The molecule has 0 N–H and O–H groups in total. The van der Waals surface area contributed by atoms with E-state index in [2.05, 4.69) is 0 Å². The van der Waals surface area contributed by atoms with Crippen LogP contribution in [0.1, 0.15) is 29.8 Å². The van der Waals surface area contributed by atoms with Crippen molar-refractivity contribution in [2.24, 2.45) is 5.92 Å². The van der Waals surface area contributed by atoms with Crippen molar-refractivity contribution in [2.75, 3.05) is 13.7 Å². The number of fused-ring (bicyclic) bond motifs is 1. The lowest BCUT2D eigenvalue weighted by Crippen LogP contribution is -2.35. The van der Waals surface area contributed by atoms with E-state index in [1.807, 2.05) is 13.8 Å². The van der Waals surface area contributed by atoms with Gasteiger partial charge in [0.15, 0.2) is 0 Å². The second kappa shape index (κ2) is 5.94. The number of methoxy groups -OCH3 is 1. The van der Waals surface area contributed by atoms with Crippen molar-refractivity contribution < 1.29 is 19.1 Å². The zero-order chi connectivity index (χ0) is 14.7. The van der Waals surface area contributed by atoms with Crippen LogP contribution in [0.25, 0.3) is 0 Å². The number of amides is 1. The van der Waals surface area contributed by atoms with Crippen LogP contribution < -0.4 is 4.74 Å². The van der Waals surface area contributed by atoms with Crippen molar-refractivity contribution in [3.05, 3.63) is 29.3 Å². The Labute approximate surface area is 118 Å². The molecule has 1 aliphatic rings. The van der Waals surface area contributed by atoms with Gasteiger partial charge in [0.2, 0.25) is 6.41 Å². The summed E-state index contributed by atoms with van der Waals surface area (Å²) < 4.78 is 10.7. The number of hydrogen-bond acceptors (Lipinski definition) is 4. The lowest BCUT2D eigenvalue weighted by atomic mass is 10.1. The standard InChI is InChI=1S/C15H19NO4/c1-10(2)14-8-16(9-17)7-12-5-4-11(15(18)19-3)6-13(12)20-14/h4-6,9-10,14H,7-8H2,1-3H3/t14-/m0/s1. The van der Waals surface area contributed by atoms with Crippen molar-refractivity contribution in [3.8, 4) is 5.75 Å². The summed E-state index contributed by atoms with van der Waals surface area (Å²) in [5.41, 5.74) is 1.35. The minimum atomic E-state index is -0.394. The number of benzene rings is 1. The molecule has 5 heteroatoms. The highest BCUT2D eigenvalue weighted by Crippen LogP contribution is 2.28. The highest BCUT2D eigenvalue weighted by molar-refractivity contribution is 5.89. The molecule has 1 heterocycles. The van der Waals surface area contributed by atoms with E-state index >= 15 is 0 Å². The van der Waals surface area contributed by atoms with E-state index in [1.165, 1.54) is 7.11 Å². The molecule has 0 saturated heterocycles. The van der Waals surface area contributed by atoms with Gasteiger partial charge in [-0.05, 0) is 18.1 Å². The summed E-state index contributed by atoms with van der Waals surface area (Å²) in [6, 6.07) is 5.18. The lowest BCUT2D eigenvalue weighted by molar-refractivity contribution is -0.119. The number of ether oxygens (including phenoxy) is 2. The van der Waals surface area contributed by atoms with Crippen LogP contribution in [0.5, 0.6) is 5.75 Å². The summed E-state index contributed by atoms with van der Waals surface area (Å²) in [6.45, 7) is 5.12. The molecule has 5 nitrogen and oxygen atoms in total. The third kappa shape index (κ3) is 2.92. The SMILES string of the molecule is COC(=O)c1ccc2c(c1)O[C@H](C(C)C)CN(C=O)C2. The predicted octanol–water partition coefficient (Wildman–Crippen LogP) is 1.85. The Morgan fingerprint density at radius 1 is 1.50 bits per heavy atom. The van der Waals surface area contributed by atoms with Gasteiger partial charge >= 0.3 is 5.97 Å². The molecule has 0 bridgehead atoms. The Morgan fingerprint density at radius 3 is 2.85 bits per heavy atom. The summed E-state index contributed by atoms with van der Waals surface area (Å²) in [5.74, 6) is 0.523. The molecule has 1 aromatic rings. The third-order valence-corrected chi connectivity index (χ3v) is 3.45. The topological polar surface area (TPSA) is 55.8 Å². The molecule has 108 valence electrons. The summed E-state index contributed by atoms with van der Waals surface area (Å²) in [7, 11) is 1.35. The van der Waals surface area contributed by atoms with Gasteiger partial charge in [0.05, 0.1) is 19.2 Å². The normalized spacial score (nSPS) is 18.0. The van der Waals surface area contributed by atoms with E-state index in [0.29, 0.717) is 24.4 Å². The van der Waals surface area contributed by atoms with Crippen LogP contribution in [0.2, 0.25) is 0 Å². The largest absolute Gasteiger partial charge is 0.488 e. The maximum atomic E-state index is 11.6. The Balaban J connectivity index is 2.37. The molecule has 1 aromatic carbocycles. The molecule has 0 fully saturated rings. The maximum absolute atomic E-state index is 11.6. The summed E-state index contributed by atoms with van der Waals surface area (Å²) in [5, 5.41) is 0. The molecular formula is C15H19NO4. The van der Waals surface area contributed by atoms with Gasteiger partial charge in [-0.1, -0.05) is 19.9 Å². The fourth-order valence-electron chi connectivity index (χ4n) is 2.18. The van der Waals surface area contributed by atoms with Gasteiger partial charge in [0.25, 0.3) is 0 Å². The first-order chi connectivity index (χ1) is 9.55. The molecule has 20 heavy (non-hydrogen) atoms. The van der Waals surface area contributed by atoms with Crippen LogP contribution in [-0.4, -0.2) is 37.0 Å². The molecule has 0 aliphatic carbocycles. The van der Waals surface area contributed by atoms with Crippen molar-refractivity contribution >= 4 is 12.4 Å². The van der Waals surface area contributed by atoms with Crippen molar-refractivity contribution in [1.29, 1.82) is 0 Å². The van der Waals surface area contributed by atoms with Crippen LogP contribution in [-0.2, 0) is 16.1 Å². The maximum Gasteiger partial charge on any atom is 0.337 e. The number of carbonyl (C=O) groups excluding carboxylic acids is 2. The third-order valence-electron chi connectivity index (χ3n) is 3.45. The highest BCUT2D eigenvalue weighted by atomic mass is 16.5. The van der Waals surface area contributed by atoms with E-state index in [1.54, 1.807) is 23.1 Å². The Morgan fingerprint density at radius 2 is 2.25 bits per heavy atom. The Bertz CT molecular complexity index is 513. The Hall–Kier alpha value is -2.04. The average molecular weight is 277 g/mol. The van der Waals surface area contributed by atoms with Crippen LogP contribution >= 0.6 is 0 Å². The quantitative estimate of drug-likeness (QED) is 0.625. The smallest absolute Gasteiger partial charge is 0.337 e. The molecule has 0 saturated carbocycles. The summed E-state index contributed by atoms with van der Waals surface area (Å²) in [6.07, 6.45) is 0.747. The fraction of sp³-hybridized carbons (Fsp3) is 0.467. The predicted molar refractivity (Wildman–Crippen MR) is 73.5 cm³/mol. The molecule has 1 aliphatic heterocycles. The first-order valence-corrected chi connectivity index (χ1v) is 6.62. The van der Waals surface area contributed by atoms with Gasteiger partial charge in [0, 0.05) is 12.1 Å². The molecule has 0 spiro atoms. The molecule has 1 amide bonds. The fourth-order valence-corrected chi connectivity index (χ4v) is 2.18. The summed E-state index contributed by atoms with van der Waals surface area (Å²) in [4.78, 5) is 24.4. The van der Waals surface area contributed by atoms with Crippen LogP contribution in [0.15, 0.2) is 18.2 Å². The molecule has 0 radical (unpaired) electrons. The van der Waals surface area contributed by atoms with E-state index in [-0.39, 0.29) is 12.0 Å². The number of hydrogen-bond donors (Lipinski definition) is 0. The van der Waals surface area contributed by atoms with Gasteiger partial charge < -0.3 is 14.4 Å². The minimum absolute atomic E-state index is 0.0886. The number of nitrogens with zero attached hydrogens (tertiary/aromatic N) is 1. The van der Waals surface area contributed by atoms with E-state index < -0.39 is 5.97 Å². The van der Waals surface area contributed by atoms with Gasteiger partial charge in [0.1, 0.15) is 11.9 Å². The van der Waals surface area contributed by atoms with Crippen molar-refractivity contribution in [3.63, 3.8) is 0 Å². The zero-order valence-corrected chi connectivity index (χ0v) is 12.0. The van der Waals surface area contributed by atoms with Crippen LogP contribution in [0, 0.1) is 5.92 Å². The summed E-state index contributed by atoms with van der Waals surface area (Å²) >= 11 is 0. The number of carbonyl (C=O) groups is 2. The minimum Gasteiger partial charge on any atom is -0.488 e. The molecule has 0 unspecified atom stereocenters. The number of rotatable bonds is 3. The van der Waals surface area contributed by atoms with Gasteiger partial charge in [-0.3, -0.25) is 4.79 Å². The first-order valence-electron chi connectivity index (χ1n) is 6.62. The number of esters is 1. The highest BCUT2D eigenvalue weighted by Gasteiger charge is 2.25. The van der Waals surface area contributed by atoms with Crippen LogP contribution in [0.4, 0.5) is 0 Å². The van der Waals surface area contributed by atoms with E-state index in [0.717, 1.165) is 12.0 Å². The first kappa shape index (κ1) is 14.4. The van der Waals surface area contributed by atoms with Crippen molar-refractivity contribution in [2.45, 2.75) is 26.5 Å². The van der Waals surface area contributed by atoms with E-state index in [9.17, 15) is 9.59 Å². The lowest BCUT2D eigenvalue weighted by Gasteiger charge is -2.23. The molecule has 0 aromatic heterocycles. The molecular weight excluding hydrogens is 258 g/mol. The average Bonchev–Trinajstić information content (AvgIpc) is 2.64. The second-order valence-electron chi connectivity index (χ2n) is 5.25. The van der Waals surface area contributed by atoms with Gasteiger partial charge in [-0.2, -0.15) is 0 Å². The van der Waals surface area contributed by atoms with Crippen molar-refractivity contribution in [1.82, 2.24) is 4.90 Å². The monoisotopic (exact) mass is 277 g/mol. The van der Waals surface area contributed by atoms with E-state index in [4.69, 9.17) is 9.47 Å². The van der Waals surface area contributed by atoms with Gasteiger partial charge in [-0.15, -0.1) is 0 Å².